The molecule has 7 nitrogen and oxygen atoms in total. The van der Waals surface area contributed by atoms with Gasteiger partial charge in [-0.3, -0.25) is 9.59 Å². The van der Waals surface area contributed by atoms with E-state index in [9.17, 15) is 9.59 Å². The van der Waals surface area contributed by atoms with Crippen molar-refractivity contribution in [1.29, 1.82) is 0 Å². The lowest BCUT2D eigenvalue weighted by atomic mass is 10.1. The van der Waals surface area contributed by atoms with Crippen molar-refractivity contribution in [3.05, 3.63) is 126 Å². The van der Waals surface area contributed by atoms with E-state index < -0.39 is 0 Å². The second-order valence-corrected chi connectivity index (χ2v) is 8.46. The lowest BCUT2D eigenvalue weighted by Gasteiger charge is -2.16. The maximum Gasteiger partial charge on any atom is 0.255 e. The van der Waals surface area contributed by atoms with Crippen molar-refractivity contribution in [2.75, 3.05) is 5.32 Å². The summed E-state index contributed by atoms with van der Waals surface area (Å²) in [5, 5.41) is 14.1. The molecule has 0 aliphatic rings. The SMILES string of the molecule is CC(NC(=O)c1ccccc1NC(=O)c1ccc(-c2nnc(-c3ccccc3)o2)cc1)c1ccccc1. The van der Waals surface area contributed by atoms with E-state index in [0.717, 1.165) is 11.1 Å². The molecule has 2 N–H and O–H groups in total. The molecule has 1 atom stereocenters. The Bertz CT molecular complexity index is 1510. The summed E-state index contributed by atoms with van der Waals surface area (Å²) in [7, 11) is 0. The van der Waals surface area contributed by atoms with Gasteiger partial charge in [0.05, 0.1) is 17.3 Å². The maximum atomic E-state index is 13.0. The van der Waals surface area contributed by atoms with E-state index in [-0.39, 0.29) is 17.9 Å². The van der Waals surface area contributed by atoms with Crippen molar-refractivity contribution in [1.82, 2.24) is 15.5 Å². The molecule has 7 heteroatoms. The molecular formula is C30H24N4O3. The van der Waals surface area contributed by atoms with Gasteiger partial charge in [0.15, 0.2) is 0 Å². The summed E-state index contributed by atoms with van der Waals surface area (Å²) in [6.45, 7) is 1.92. The van der Waals surface area contributed by atoms with Crippen molar-refractivity contribution < 1.29 is 14.0 Å². The highest BCUT2D eigenvalue weighted by atomic mass is 16.4. The lowest BCUT2D eigenvalue weighted by Crippen LogP contribution is -2.28. The summed E-state index contributed by atoms with van der Waals surface area (Å²) in [4.78, 5) is 26.0. The first-order valence-corrected chi connectivity index (χ1v) is 11.8. The normalized spacial score (nSPS) is 11.5. The molecule has 0 fully saturated rings. The fourth-order valence-corrected chi connectivity index (χ4v) is 3.89. The van der Waals surface area contributed by atoms with E-state index in [2.05, 4.69) is 20.8 Å². The zero-order chi connectivity index (χ0) is 25.6. The van der Waals surface area contributed by atoms with Crippen LogP contribution < -0.4 is 10.6 Å². The molecule has 4 aromatic carbocycles. The maximum absolute atomic E-state index is 13.0. The quantitative estimate of drug-likeness (QED) is 0.287. The number of nitrogens with zero attached hydrogens (tertiary/aromatic N) is 2. The number of anilines is 1. The molecule has 0 spiro atoms. The van der Waals surface area contributed by atoms with Crippen molar-refractivity contribution in [3.8, 4) is 22.9 Å². The molecule has 1 heterocycles. The standard InChI is InChI=1S/C30H24N4O3/c1-20(21-10-4-2-5-11-21)31-28(36)25-14-8-9-15-26(25)32-27(35)22-16-18-24(19-17-22)30-34-33-29(37-30)23-12-6-3-7-13-23/h2-20H,1H3,(H,31,36)(H,32,35). The Morgan fingerprint density at radius 3 is 1.92 bits per heavy atom. The number of nitrogens with one attached hydrogen (secondary N) is 2. The Hall–Kier alpha value is -5.04. The van der Waals surface area contributed by atoms with Crippen molar-refractivity contribution in [2.24, 2.45) is 0 Å². The third-order valence-corrected chi connectivity index (χ3v) is 5.91. The van der Waals surface area contributed by atoms with E-state index in [4.69, 9.17) is 4.42 Å². The fourth-order valence-electron chi connectivity index (χ4n) is 3.89. The van der Waals surface area contributed by atoms with E-state index in [1.807, 2.05) is 67.6 Å². The molecule has 1 unspecified atom stereocenters. The molecule has 0 aliphatic carbocycles. The topological polar surface area (TPSA) is 97.1 Å². The van der Waals surface area contributed by atoms with Crippen molar-refractivity contribution in [2.45, 2.75) is 13.0 Å². The minimum absolute atomic E-state index is 0.183. The molecule has 37 heavy (non-hydrogen) atoms. The highest BCUT2D eigenvalue weighted by molar-refractivity contribution is 6.09. The zero-order valence-corrected chi connectivity index (χ0v) is 20.1. The van der Waals surface area contributed by atoms with Crippen molar-refractivity contribution in [3.63, 3.8) is 0 Å². The van der Waals surface area contributed by atoms with Gasteiger partial charge in [0, 0.05) is 16.7 Å². The second-order valence-electron chi connectivity index (χ2n) is 8.46. The highest BCUT2D eigenvalue weighted by Gasteiger charge is 2.17. The van der Waals surface area contributed by atoms with Gasteiger partial charge in [-0.2, -0.15) is 0 Å². The molecule has 1 aromatic heterocycles. The number of hydrogen-bond acceptors (Lipinski definition) is 5. The van der Waals surface area contributed by atoms with Crippen LogP contribution in [0.15, 0.2) is 114 Å². The molecular weight excluding hydrogens is 464 g/mol. The summed E-state index contributed by atoms with van der Waals surface area (Å²) in [5.41, 5.74) is 3.77. The molecule has 2 amide bonds. The van der Waals surface area contributed by atoms with Crippen LogP contribution in [0, 0.1) is 0 Å². The van der Waals surface area contributed by atoms with Crippen LogP contribution in [0.4, 0.5) is 5.69 Å². The number of rotatable bonds is 7. The van der Waals surface area contributed by atoms with Crippen LogP contribution in [0.3, 0.4) is 0 Å². The average Bonchev–Trinajstić information content (AvgIpc) is 3.45. The second kappa shape index (κ2) is 10.7. The molecule has 182 valence electrons. The number of amides is 2. The number of carbonyl (C=O) groups excluding carboxylic acids is 2. The Morgan fingerprint density at radius 1 is 0.676 bits per heavy atom. The van der Waals surface area contributed by atoms with Gasteiger partial charge in [-0.05, 0) is 61.0 Å². The van der Waals surface area contributed by atoms with Gasteiger partial charge in [-0.1, -0.05) is 60.7 Å². The molecule has 0 bridgehead atoms. The van der Waals surface area contributed by atoms with E-state index in [0.29, 0.717) is 34.2 Å². The first-order valence-electron chi connectivity index (χ1n) is 11.8. The van der Waals surface area contributed by atoms with Gasteiger partial charge in [-0.15, -0.1) is 10.2 Å². The molecule has 5 aromatic rings. The Labute approximate surface area is 214 Å². The van der Waals surface area contributed by atoms with Gasteiger partial charge in [0.25, 0.3) is 11.8 Å². The van der Waals surface area contributed by atoms with Gasteiger partial charge in [-0.25, -0.2) is 0 Å². The first kappa shape index (κ1) is 23.7. The summed E-state index contributed by atoms with van der Waals surface area (Å²) in [5.74, 6) is 0.181. The van der Waals surface area contributed by atoms with Crippen LogP contribution >= 0.6 is 0 Å². The van der Waals surface area contributed by atoms with Gasteiger partial charge in [0.1, 0.15) is 0 Å². The summed E-state index contributed by atoms with van der Waals surface area (Å²) >= 11 is 0. The Kier molecular flexibility index (Phi) is 6.85. The third-order valence-electron chi connectivity index (χ3n) is 5.91. The molecule has 5 rings (SSSR count). The number of hydrogen-bond donors (Lipinski definition) is 2. The molecule has 0 radical (unpaired) electrons. The van der Waals surface area contributed by atoms with Crippen LogP contribution in [0.25, 0.3) is 22.9 Å². The van der Waals surface area contributed by atoms with Crippen LogP contribution in [-0.2, 0) is 0 Å². The van der Waals surface area contributed by atoms with Gasteiger partial charge < -0.3 is 15.1 Å². The predicted molar refractivity (Wildman–Crippen MR) is 142 cm³/mol. The Morgan fingerprint density at radius 2 is 1.24 bits per heavy atom. The van der Waals surface area contributed by atoms with E-state index in [1.165, 1.54) is 0 Å². The predicted octanol–water partition coefficient (Wildman–Crippen LogP) is 6.15. The van der Waals surface area contributed by atoms with Crippen LogP contribution in [0.2, 0.25) is 0 Å². The molecule has 0 saturated carbocycles. The van der Waals surface area contributed by atoms with Crippen molar-refractivity contribution >= 4 is 17.5 Å². The lowest BCUT2D eigenvalue weighted by molar-refractivity contribution is 0.0940. The molecule has 0 aliphatic heterocycles. The number of carbonyl (C=O) groups is 2. The number of para-hydroxylation sites is 1. The number of aromatic nitrogens is 2. The minimum atomic E-state index is -0.335. The molecule has 0 saturated heterocycles. The summed E-state index contributed by atoms with van der Waals surface area (Å²) in [6, 6.07) is 32.8. The van der Waals surface area contributed by atoms with Crippen LogP contribution in [-0.4, -0.2) is 22.0 Å². The third kappa shape index (κ3) is 5.46. The van der Waals surface area contributed by atoms with E-state index in [1.54, 1.807) is 48.5 Å². The largest absolute Gasteiger partial charge is 0.416 e. The van der Waals surface area contributed by atoms with E-state index >= 15 is 0 Å². The summed E-state index contributed by atoms with van der Waals surface area (Å²) < 4.78 is 5.79. The van der Waals surface area contributed by atoms with Gasteiger partial charge in [0.2, 0.25) is 11.8 Å². The zero-order valence-electron chi connectivity index (χ0n) is 20.1. The van der Waals surface area contributed by atoms with Gasteiger partial charge >= 0.3 is 0 Å². The Balaban J connectivity index is 1.28. The number of benzene rings is 4. The van der Waals surface area contributed by atoms with Crippen LogP contribution in [0.5, 0.6) is 0 Å². The summed E-state index contributed by atoms with van der Waals surface area (Å²) in [6.07, 6.45) is 0. The first-order chi connectivity index (χ1) is 18.1. The monoisotopic (exact) mass is 488 g/mol. The van der Waals surface area contributed by atoms with Crippen LogP contribution in [0.1, 0.15) is 39.2 Å². The minimum Gasteiger partial charge on any atom is -0.416 e. The smallest absolute Gasteiger partial charge is 0.255 e. The fraction of sp³-hybridized carbons (Fsp3) is 0.0667. The average molecular weight is 489 g/mol. The highest BCUT2D eigenvalue weighted by Crippen LogP contribution is 2.24.